The van der Waals surface area contributed by atoms with Crippen LogP contribution in [0.15, 0.2) is 18.2 Å². The average molecular weight is 317 g/mol. The molecule has 0 radical (unpaired) electrons. The van der Waals surface area contributed by atoms with Crippen molar-refractivity contribution in [3.8, 4) is 0 Å². The van der Waals surface area contributed by atoms with E-state index in [1.807, 2.05) is 0 Å². The van der Waals surface area contributed by atoms with E-state index in [0.29, 0.717) is 30.1 Å². The predicted octanol–water partition coefficient (Wildman–Crippen LogP) is 1.11. The first-order valence-corrected chi connectivity index (χ1v) is 8.50. The Morgan fingerprint density at radius 3 is 2.75 bits per heavy atom. The van der Waals surface area contributed by atoms with Crippen LogP contribution in [0.4, 0.5) is 0 Å². The van der Waals surface area contributed by atoms with Crippen molar-refractivity contribution in [1.29, 1.82) is 0 Å². The number of hydrogen-bond donors (Lipinski definition) is 2. The number of carbonyl (C=O) groups is 1. The molecule has 0 aromatic heterocycles. The molecule has 2 rings (SSSR count). The van der Waals surface area contributed by atoms with E-state index in [1.165, 1.54) is 6.07 Å². The summed E-state index contributed by atoms with van der Waals surface area (Å²) < 4.78 is 23.3. The van der Waals surface area contributed by atoms with E-state index in [-0.39, 0.29) is 11.0 Å². The number of benzene rings is 1. The number of amides is 1. The van der Waals surface area contributed by atoms with Gasteiger partial charge < -0.3 is 11.1 Å². The van der Waals surface area contributed by atoms with Gasteiger partial charge in [0, 0.05) is 23.7 Å². The minimum absolute atomic E-state index is 0.285. The quantitative estimate of drug-likeness (QED) is 0.851. The number of carbonyl (C=O) groups excluding carboxylic acids is 1. The third-order valence-corrected chi connectivity index (χ3v) is 6.12. The highest BCUT2D eigenvalue weighted by Gasteiger charge is 2.30. The Kier molecular flexibility index (Phi) is 4.67. The summed E-state index contributed by atoms with van der Waals surface area (Å²) in [5.74, 6) is -0.239. The van der Waals surface area contributed by atoms with Gasteiger partial charge in [-0.15, -0.1) is 0 Å². The minimum Gasteiger partial charge on any atom is -0.366 e. The summed E-state index contributed by atoms with van der Waals surface area (Å²) in [5.41, 5.74) is 6.34. The summed E-state index contributed by atoms with van der Waals surface area (Å²) in [6.07, 6.45) is 1.45. The Balaban J connectivity index is 1.93. The molecule has 1 saturated heterocycles. The molecule has 1 aliphatic heterocycles. The fraction of sp³-hybridized carbons (Fsp3) is 0.462. The van der Waals surface area contributed by atoms with Crippen LogP contribution in [0.3, 0.4) is 0 Å². The molecule has 0 aliphatic carbocycles. The third-order valence-electron chi connectivity index (χ3n) is 3.49. The Hall–Kier alpha value is -1.11. The van der Waals surface area contributed by atoms with E-state index in [2.05, 4.69) is 5.32 Å². The van der Waals surface area contributed by atoms with Crippen LogP contribution in [0.5, 0.6) is 0 Å². The second kappa shape index (κ2) is 6.11. The zero-order valence-corrected chi connectivity index (χ0v) is 12.5. The van der Waals surface area contributed by atoms with Crippen LogP contribution in [-0.2, 0) is 16.4 Å². The maximum atomic E-state index is 11.7. The molecule has 1 aliphatic rings. The Morgan fingerprint density at radius 1 is 1.45 bits per heavy atom. The minimum atomic E-state index is -2.93. The van der Waals surface area contributed by atoms with Gasteiger partial charge in [0.1, 0.15) is 0 Å². The summed E-state index contributed by atoms with van der Waals surface area (Å²) in [4.78, 5) is 11.0. The average Bonchev–Trinajstić information content (AvgIpc) is 2.70. The highest BCUT2D eigenvalue weighted by Crippen LogP contribution is 2.20. The lowest BCUT2D eigenvalue weighted by atomic mass is 10.1. The van der Waals surface area contributed by atoms with Crippen LogP contribution in [0, 0.1) is 0 Å². The lowest BCUT2D eigenvalue weighted by Crippen LogP contribution is -2.30. The lowest BCUT2D eigenvalue weighted by Gasteiger charge is -2.12. The summed E-state index contributed by atoms with van der Waals surface area (Å²) in [5, 5.41) is 3.26. The van der Waals surface area contributed by atoms with E-state index in [1.54, 1.807) is 12.1 Å². The molecule has 7 heteroatoms. The first kappa shape index (κ1) is 15.3. The van der Waals surface area contributed by atoms with Crippen molar-refractivity contribution in [3.63, 3.8) is 0 Å². The summed E-state index contributed by atoms with van der Waals surface area (Å²) >= 11 is 6.06. The molecule has 1 unspecified atom stereocenters. The monoisotopic (exact) mass is 316 g/mol. The van der Waals surface area contributed by atoms with Crippen LogP contribution in [0.1, 0.15) is 28.8 Å². The van der Waals surface area contributed by atoms with Gasteiger partial charge in [0.15, 0.2) is 9.84 Å². The molecule has 1 aromatic rings. The van der Waals surface area contributed by atoms with Crippen LogP contribution in [0.2, 0.25) is 5.02 Å². The van der Waals surface area contributed by atoms with Gasteiger partial charge in [-0.2, -0.15) is 0 Å². The van der Waals surface area contributed by atoms with Gasteiger partial charge in [-0.1, -0.05) is 17.7 Å². The zero-order chi connectivity index (χ0) is 14.8. The maximum absolute atomic E-state index is 11.7. The summed E-state index contributed by atoms with van der Waals surface area (Å²) in [7, 11) is -2.93. The van der Waals surface area contributed by atoms with Crippen LogP contribution in [-0.4, -0.2) is 31.9 Å². The molecule has 20 heavy (non-hydrogen) atoms. The molecule has 0 saturated carbocycles. The Morgan fingerprint density at radius 2 is 2.20 bits per heavy atom. The summed E-state index contributed by atoms with van der Waals surface area (Å²) in [6.45, 7) is 0.889. The SMILES string of the molecule is NC(=O)c1ccc(CNCC2CCCS2(=O)=O)c(Cl)c1. The number of nitrogens with one attached hydrogen (secondary N) is 1. The highest BCUT2D eigenvalue weighted by molar-refractivity contribution is 7.92. The fourth-order valence-corrected chi connectivity index (χ4v) is 4.35. The van der Waals surface area contributed by atoms with Gasteiger partial charge in [-0.25, -0.2) is 8.42 Å². The largest absolute Gasteiger partial charge is 0.366 e. The highest BCUT2D eigenvalue weighted by atomic mass is 35.5. The molecule has 1 atom stereocenters. The number of halogens is 1. The fourth-order valence-electron chi connectivity index (χ4n) is 2.30. The van der Waals surface area contributed by atoms with Crippen molar-refractivity contribution in [3.05, 3.63) is 34.3 Å². The first-order valence-electron chi connectivity index (χ1n) is 6.40. The van der Waals surface area contributed by atoms with Crippen molar-refractivity contribution in [2.75, 3.05) is 12.3 Å². The molecule has 0 bridgehead atoms. The van der Waals surface area contributed by atoms with E-state index in [9.17, 15) is 13.2 Å². The van der Waals surface area contributed by atoms with Crippen molar-refractivity contribution in [2.24, 2.45) is 5.73 Å². The number of rotatable bonds is 5. The second-order valence-corrected chi connectivity index (χ2v) is 7.74. The standard InChI is InChI=1S/C13H17ClN2O3S/c14-12-6-9(13(15)17)3-4-10(12)7-16-8-11-2-1-5-20(11,18)19/h3-4,6,11,16H,1-2,5,7-8H2,(H2,15,17). The molecule has 5 nitrogen and oxygen atoms in total. The molecule has 110 valence electrons. The number of primary amides is 1. The van der Waals surface area contributed by atoms with Crippen LogP contribution >= 0.6 is 11.6 Å². The van der Waals surface area contributed by atoms with Crippen molar-refractivity contribution >= 4 is 27.3 Å². The molecular formula is C13H17ClN2O3S. The van der Waals surface area contributed by atoms with E-state index in [4.69, 9.17) is 17.3 Å². The third kappa shape index (κ3) is 3.50. The number of hydrogen-bond acceptors (Lipinski definition) is 4. The second-order valence-electron chi connectivity index (χ2n) is 4.93. The van der Waals surface area contributed by atoms with Gasteiger partial charge in [-0.05, 0) is 30.5 Å². The maximum Gasteiger partial charge on any atom is 0.248 e. The molecule has 3 N–H and O–H groups in total. The normalized spacial score (nSPS) is 20.9. The molecule has 1 amide bonds. The topological polar surface area (TPSA) is 89.3 Å². The predicted molar refractivity (Wildman–Crippen MR) is 78.5 cm³/mol. The van der Waals surface area contributed by atoms with Gasteiger partial charge in [0.05, 0.1) is 11.0 Å². The lowest BCUT2D eigenvalue weighted by molar-refractivity contribution is 0.100. The van der Waals surface area contributed by atoms with Gasteiger partial charge in [-0.3, -0.25) is 4.79 Å². The number of sulfone groups is 1. The molecule has 1 heterocycles. The first-order chi connectivity index (χ1) is 9.40. The van der Waals surface area contributed by atoms with Crippen molar-refractivity contribution in [1.82, 2.24) is 5.32 Å². The Bertz CT molecular complexity index is 616. The summed E-state index contributed by atoms with van der Waals surface area (Å²) in [6, 6.07) is 4.85. The molecular weight excluding hydrogens is 300 g/mol. The zero-order valence-electron chi connectivity index (χ0n) is 10.9. The van der Waals surface area contributed by atoms with Gasteiger partial charge in [0.2, 0.25) is 5.91 Å². The van der Waals surface area contributed by atoms with Gasteiger partial charge in [0.25, 0.3) is 0 Å². The smallest absolute Gasteiger partial charge is 0.248 e. The molecule has 1 fully saturated rings. The molecule has 0 spiro atoms. The van der Waals surface area contributed by atoms with E-state index >= 15 is 0 Å². The van der Waals surface area contributed by atoms with E-state index < -0.39 is 15.7 Å². The number of nitrogens with two attached hydrogens (primary N) is 1. The van der Waals surface area contributed by atoms with Gasteiger partial charge >= 0.3 is 0 Å². The van der Waals surface area contributed by atoms with E-state index in [0.717, 1.165) is 12.0 Å². The van der Waals surface area contributed by atoms with Crippen molar-refractivity contribution in [2.45, 2.75) is 24.6 Å². The molecule has 1 aromatic carbocycles. The Labute approximate surface area is 123 Å². The van der Waals surface area contributed by atoms with Crippen molar-refractivity contribution < 1.29 is 13.2 Å². The van der Waals surface area contributed by atoms with Crippen LogP contribution < -0.4 is 11.1 Å². The van der Waals surface area contributed by atoms with Crippen LogP contribution in [0.25, 0.3) is 0 Å².